The number of para-hydroxylation sites is 4. The normalized spacial score (nSPS) is 11.8. The van der Waals surface area contributed by atoms with Gasteiger partial charge < -0.3 is 9.13 Å². The van der Waals surface area contributed by atoms with Crippen molar-refractivity contribution in [1.29, 1.82) is 0 Å². The quantitative estimate of drug-likeness (QED) is 0.143. The van der Waals surface area contributed by atoms with Crippen LogP contribution in [0.2, 0.25) is 0 Å². The lowest BCUT2D eigenvalue weighted by atomic mass is 9.90. The van der Waals surface area contributed by atoms with Gasteiger partial charge in [0.15, 0.2) is 0 Å². The maximum atomic E-state index is 2.47. The average molecular weight is 1270 g/mol. The highest BCUT2D eigenvalue weighted by Crippen LogP contribution is 2.52. The first-order valence-electron chi connectivity index (χ1n) is 31.9. The molecule has 0 aliphatic carbocycles. The molecule has 0 spiro atoms. The molecule has 0 atom stereocenters. The molecule has 20 rings (SSSR count). The van der Waals surface area contributed by atoms with E-state index in [1.165, 1.54) is 181 Å². The van der Waals surface area contributed by atoms with Crippen molar-refractivity contribution >= 4 is 148 Å². The summed E-state index contributed by atoms with van der Waals surface area (Å²) in [6, 6.07) is 120. The molecule has 14 aromatic carbocycles. The van der Waals surface area contributed by atoms with Gasteiger partial charge in [0.1, 0.15) is 0 Å². The van der Waals surface area contributed by atoms with Gasteiger partial charge in [0, 0.05) is 88.2 Å². The topological polar surface area (TPSA) is 9.86 Å². The number of hydrogen-bond acceptors (Lipinski definition) is 4. The fraction of sp³-hybridized carbons (Fsp3) is 0. The monoisotopic (exact) mass is 1270 g/mol. The number of benzene rings is 14. The van der Waals surface area contributed by atoms with E-state index in [1.807, 2.05) is 45.3 Å². The lowest BCUT2D eigenvalue weighted by Gasteiger charge is -2.14. The third-order valence-electron chi connectivity index (χ3n) is 18.9. The van der Waals surface area contributed by atoms with Crippen molar-refractivity contribution < 1.29 is 0 Å². The molecular weight excluding hydrogens is 1210 g/mol. The lowest BCUT2D eigenvalue weighted by molar-refractivity contribution is 1.19. The highest BCUT2D eigenvalue weighted by atomic mass is 32.1. The molecule has 0 radical (unpaired) electrons. The Labute approximate surface area is 558 Å². The minimum atomic E-state index is 1.19. The summed E-state index contributed by atoms with van der Waals surface area (Å²) in [6.07, 6.45) is 0. The molecule has 20 aromatic rings. The Bertz CT molecular complexity index is 6340. The van der Waals surface area contributed by atoms with Crippen molar-refractivity contribution in [1.82, 2.24) is 9.13 Å². The van der Waals surface area contributed by atoms with E-state index in [9.17, 15) is 0 Å². The highest BCUT2D eigenvalue weighted by Gasteiger charge is 2.25. The molecular formula is C88H54N2S4. The van der Waals surface area contributed by atoms with Gasteiger partial charge in [0.2, 0.25) is 0 Å². The van der Waals surface area contributed by atoms with Gasteiger partial charge in [-0.2, -0.15) is 0 Å². The molecule has 0 bridgehead atoms. The first kappa shape index (κ1) is 54.7. The van der Waals surface area contributed by atoms with Crippen LogP contribution in [0.15, 0.2) is 328 Å². The van der Waals surface area contributed by atoms with E-state index in [4.69, 9.17) is 0 Å². The predicted molar refractivity (Wildman–Crippen MR) is 411 cm³/mol. The summed E-state index contributed by atoms with van der Waals surface area (Å²) in [4.78, 5) is 0. The summed E-state index contributed by atoms with van der Waals surface area (Å²) in [7, 11) is 0. The number of thiophene rings is 4. The standard InChI is InChI=1S/2C44H27NS2/c1-3-14-28(15-4-1)30-21-11-24-36-40-33(22-12-26-38(40)46-43(30)36)31-18-7-8-19-32(31)34-23-13-27-39-41(34)42-44(47-39)35-20-9-10-25-37(35)45(42)29-16-5-2-6-17-29;1-3-13-28(14-4-1)29-25-26-39-37(27-29)35-22-11-21-34(43(35)46-39)32-18-8-7-17-31(32)33-20-12-24-40-41(33)42-44(47-40)36-19-9-10-23-38(36)45(42)30-15-5-2-6-16-30/h2*1-27H. The van der Waals surface area contributed by atoms with Gasteiger partial charge in [-0.1, -0.05) is 261 Å². The van der Waals surface area contributed by atoms with Gasteiger partial charge in [-0.15, -0.1) is 45.3 Å². The van der Waals surface area contributed by atoms with Crippen LogP contribution in [0.1, 0.15) is 0 Å². The zero-order valence-electron chi connectivity index (χ0n) is 50.7. The van der Waals surface area contributed by atoms with Gasteiger partial charge in [-0.25, -0.2) is 0 Å². The first-order valence-corrected chi connectivity index (χ1v) is 35.2. The lowest BCUT2D eigenvalue weighted by Crippen LogP contribution is -1.94. The van der Waals surface area contributed by atoms with Crippen LogP contribution in [0.5, 0.6) is 0 Å². The van der Waals surface area contributed by atoms with Gasteiger partial charge in [-0.3, -0.25) is 0 Å². The largest absolute Gasteiger partial charge is 0.308 e. The molecule has 0 aliphatic heterocycles. The fourth-order valence-electron chi connectivity index (χ4n) is 14.8. The van der Waals surface area contributed by atoms with Gasteiger partial charge >= 0.3 is 0 Å². The third-order valence-corrected chi connectivity index (χ3v) is 23.6. The van der Waals surface area contributed by atoms with E-state index in [0.717, 1.165) is 0 Å². The molecule has 94 heavy (non-hydrogen) atoms. The van der Waals surface area contributed by atoms with Crippen molar-refractivity contribution in [2.75, 3.05) is 0 Å². The summed E-state index contributed by atoms with van der Waals surface area (Å²) in [6.45, 7) is 0. The molecule has 0 fully saturated rings. The van der Waals surface area contributed by atoms with E-state index in [0.29, 0.717) is 0 Å². The Morgan fingerprint density at radius 2 is 0.553 bits per heavy atom. The van der Waals surface area contributed by atoms with Gasteiger partial charge in [-0.05, 0) is 128 Å². The first-order chi connectivity index (χ1) is 46.7. The maximum Gasteiger partial charge on any atom is 0.0734 e. The van der Waals surface area contributed by atoms with Crippen LogP contribution < -0.4 is 0 Å². The second kappa shape index (κ2) is 22.4. The second-order valence-electron chi connectivity index (χ2n) is 24.1. The Morgan fingerprint density at radius 3 is 1.10 bits per heavy atom. The smallest absolute Gasteiger partial charge is 0.0734 e. The van der Waals surface area contributed by atoms with Crippen molar-refractivity contribution in [3.05, 3.63) is 328 Å². The summed E-state index contributed by atoms with van der Waals surface area (Å²) < 4.78 is 15.5. The summed E-state index contributed by atoms with van der Waals surface area (Å²) in [5.41, 5.74) is 22.6. The van der Waals surface area contributed by atoms with E-state index in [2.05, 4.69) is 337 Å². The minimum absolute atomic E-state index is 1.19. The van der Waals surface area contributed by atoms with Crippen LogP contribution in [0.25, 0.3) is 181 Å². The number of fused-ring (bicyclic) bond motifs is 16. The molecule has 0 N–H and O–H groups in total. The zero-order valence-corrected chi connectivity index (χ0v) is 54.0. The summed E-state index contributed by atoms with van der Waals surface area (Å²) in [5, 5.41) is 10.5. The number of hydrogen-bond donors (Lipinski definition) is 0. The van der Waals surface area contributed by atoms with Crippen LogP contribution in [0, 0.1) is 0 Å². The SMILES string of the molecule is c1ccc(-c2ccc3sc4c(-c5ccccc5-c5cccc6sc7c8ccccc8n(-c8ccccc8)c7c56)cccc4c3c2)cc1.c1ccc(-c2cccc3c2sc2cccc(-c4ccccc4-c4cccc5sc6c7ccccc7n(-c7ccccc7)c6c45)c23)cc1. The van der Waals surface area contributed by atoms with Crippen molar-refractivity contribution in [2.45, 2.75) is 0 Å². The van der Waals surface area contributed by atoms with Crippen LogP contribution in [0.3, 0.4) is 0 Å². The van der Waals surface area contributed by atoms with E-state index in [1.54, 1.807) is 0 Å². The molecule has 6 heteroatoms. The Kier molecular flexibility index (Phi) is 13.1. The van der Waals surface area contributed by atoms with Crippen LogP contribution in [-0.2, 0) is 0 Å². The third kappa shape index (κ3) is 8.72. The molecule has 6 heterocycles. The number of nitrogens with zero attached hydrogens (tertiary/aromatic N) is 2. The molecule has 0 aliphatic rings. The average Bonchev–Trinajstić information content (AvgIpc) is 1.66. The molecule has 6 aromatic heterocycles. The van der Waals surface area contributed by atoms with E-state index < -0.39 is 0 Å². The van der Waals surface area contributed by atoms with Crippen molar-refractivity contribution in [3.8, 4) is 78.1 Å². The summed E-state index contributed by atoms with van der Waals surface area (Å²) >= 11 is 7.61. The van der Waals surface area contributed by atoms with Crippen molar-refractivity contribution in [3.63, 3.8) is 0 Å². The Hall–Kier alpha value is -11.0. The van der Waals surface area contributed by atoms with E-state index in [-0.39, 0.29) is 0 Å². The minimum Gasteiger partial charge on any atom is -0.308 e. The zero-order chi connectivity index (χ0) is 61.8. The second-order valence-corrected chi connectivity index (χ2v) is 28.3. The van der Waals surface area contributed by atoms with Gasteiger partial charge in [0.05, 0.1) is 31.5 Å². The Balaban J connectivity index is 0.000000133. The molecule has 0 saturated heterocycles. The number of rotatable bonds is 8. The molecule has 440 valence electrons. The van der Waals surface area contributed by atoms with Crippen LogP contribution in [-0.4, -0.2) is 9.13 Å². The molecule has 0 unspecified atom stereocenters. The maximum absolute atomic E-state index is 2.47. The molecule has 0 amide bonds. The Morgan fingerprint density at radius 1 is 0.191 bits per heavy atom. The van der Waals surface area contributed by atoms with Gasteiger partial charge in [0.25, 0.3) is 0 Å². The highest BCUT2D eigenvalue weighted by molar-refractivity contribution is 7.28. The predicted octanol–water partition coefficient (Wildman–Crippen LogP) is 26.7. The van der Waals surface area contributed by atoms with Crippen molar-refractivity contribution in [2.24, 2.45) is 0 Å². The summed E-state index contributed by atoms with van der Waals surface area (Å²) in [5.74, 6) is 0. The number of aromatic nitrogens is 2. The molecule has 2 nitrogen and oxygen atoms in total. The fourth-order valence-corrected chi connectivity index (χ4v) is 19.8. The van der Waals surface area contributed by atoms with E-state index >= 15 is 0 Å². The molecule has 0 saturated carbocycles. The van der Waals surface area contributed by atoms with Crippen LogP contribution in [0.4, 0.5) is 0 Å². The van der Waals surface area contributed by atoms with Crippen LogP contribution >= 0.6 is 45.3 Å².